The van der Waals surface area contributed by atoms with E-state index in [-0.39, 0.29) is 0 Å². The van der Waals surface area contributed by atoms with E-state index in [4.69, 9.17) is 5.11 Å². The van der Waals surface area contributed by atoms with Crippen LogP contribution in [0, 0.1) is 5.92 Å². The minimum atomic E-state index is 0.311. The summed E-state index contributed by atoms with van der Waals surface area (Å²) in [4.78, 5) is 0. The molecule has 52 valence electrons. The lowest BCUT2D eigenvalue weighted by atomic mass is 10.0. The van der Waals surface area contributed by atoms with Crippen molar-refractivity contribution in [2.75, 3.05) is 6.61 Å². The third-order valence-electron chi connectivity index (χ3n) is 1.98. The van der Waals surface area contributed by atoms with E-state index in [0.29, 0.717) is 12.5 Å². The van der Waals surface area contributed by atoms with E-state index in [9.17, 15) is 0 Å². The minimum absolute atomic E-state index is 0.311. The van der Waals surface area contributed by atoms with E-state index in [0.717, 1.165) is 0 Å². The summed E-state index contributed by atoms with van der Waals surface area (Å²) in [6.07, 6.45) is 5.99. The molecule has 1 aliphatic carbocycles. The maximum atomic E-state index is 8.75. The Morgan fingerprint density at radius 2 is 2.56 bits per heavy atom. The monoisotopic (exact) mass is 126 g/mol. The van der Waals surface area contributed by atoms with Gasteiger partial charge in [0.1, 0.15) is 0 Å². The average Bonchev–Trinajstić information content (AvgIpc) is 2.37. The zero-order chi connectivity index (χ0) is 6.69. The molecule has 0 heterocycles. The summed E-state index contributed by atoms with van der Waals surface area (Å²) < 4.78 is 0. The van der Waals surface area contributed by atoms with Gasteiger partial charge in [-0.25, -0.2) is 0 Å². The SMILES string of the molecule is CC(CO)C1=CCCC1. The summed E-state index contributed by atoms with van der Waals surface area (Å²) in [7, 11) is 0. The third kappa shape index (κ3) is 1.55. The van der Waals surface area contributed by atoms with Crippen molar-refractivity contribution in [3.8, 4) is 0 Å². The molecule has 0 aliphatic heterocycles. The van der Waals surface area contributed by atoms with Crippen molar-refractivity contribution in [1.82, 2.24) is 0 Å². The maximum Gasteiger partial charge on any atom is 0.0493 e. The van der Waals surface area contributed by atoms with Crippen LogP contribution in [0.2, 0.25) is 0 Å². The highest BCUT2D eigenvalue weighted by Gasteiger charge is 2.10. The molecule has 0 aromatic carbocycles. The Kier molecular flexibility index (Phi) is 2.29. The first-order valence-corrected chi connectivity index (χ1v) is 3.64. The quantitative estimate of drug-likeness (QED) is 0.558. The number of rotatable bonds is 2. The molecular weight excluding hydrogens is 112 g/mol. The van der Waals surface area contributed by atoms with E-state index in [1.807, 2.05) is 0 Å². The van der Waals surface area contributed by atoms with Crippen molar-refractivity contribution >= 4 is 0 Å². The molecule has 0 aromatic heterocycles. The normalized spacial score (nSPS) is 21.8. The highest BCUT2D eigenvalue weighted by molar-refractivity contribution is 5.10. The summed E-state index contributed by atoms with van der Waals surface area (Å²) in [6.45, 7) is 2.39. The fourth-order valence-corrected chi connectivity index (χ4v) is 1.26. The van der Waals surface area contributed by atoms with Gasteiger partial charge >= 0.3 is 0 Å². The van der Waals surface area contributed by atoms with E-state index >= 15 is 0 Å². The first-order chi connectivity index (χ1) is 4.34. The standard InChI is InChI=1S/C8H14O/c1-7(6-9)8-4-2-3-5-8/h4,7,9H,2-3,5-6H2,1H3. The van der Waals surface area contributed by atoms with Crippen LogP contribution in [0.25, 0.3) is 0 Å². The molecule has 0 spiro atoms. The van der Waals surface area contributed by atoms with E-state index < -0.39 is 0 Å². The lowest BCUT2D eigenvalue weighted by Crippen LogP contribution is -2.01. The van der Waals surface area contributed by atoms with Crippen molar-refractivity contribution in [2.24, 2.45) is 5.92 Å². The van der Waals surface area contributed by atoms with Crippen LogP contribution in [0.3, 0.4) is 0 Å². The highest BCUT2D eigenvalue weighted by atomic mass is 16.3. The topological polar surface area (TPSA) is 20.2 Å². The summed E-state index contributed by atoms with van der Waals surface area (Å²) >= 11 is 0. The van der Waals surface area contributed by atoms with Gasteiger partial charge in [-0.1, -0.05) is 18.6 Å². The lowest BCUT2D eigenvalue weighted by molar-refractivity contribution is 0.254. The number of hydrogen-bond acceptors (Lipinski definition) is 1. The van der Waals surface area contributed by atoms with Gasteiger partial charge < -0.3 is 5.11 Å². The molecule has 0 saturated carbocycles. The van der Waals surface area contributed by atoms with Gasteiger partial charge in [0, 0.05) is 12.5 Å². The number of aliphatic hydroxyl groups is 1. The molecule has 0 bridgehead atoms. The van der Waals surface area contributed by atoms with E-state index in [1.54, 1.807) is 0 Å². The molecule has 0 saturated heterocycles. The second-order valence-electron chi connectivity index (χ2n) is 2.75. The van der Waals surface area contributed by atoms with Crippen LogP contribution >= 0.6 is 0 Å². The Bertz CT molecular complexity index is 116. The van der Waals surface area contributed by atoms with Gasteiger partial charge in [0.15, 0.2) is 0 Å². The predicted octanol–water partition coefficient (Wildman–Crippen LogP) is 1.73. The largest absolute Gasteiger partial charge is 0.396 e. The Morgan fingerprint density at radius 1 is 1.78 bits per heavy atom. The highest BCUT2D eigenvalue weighted by Crippen LogP contribution is 2.23. The zero-order valence-corrected chi connectivity index (χ0v) is 5.93. The van der Waals surface area contributed by atoms with Gasteiger partial charge in [-0.3, -0.25) is 0 Å². The summed E-state index contributed by atoms with van der Waals surface area (Å²) in [5, 5.41) is 8.75. The maximum absolute atomic E-state index is 8.75. The molecule has 1 unspecified atom stereocenters. The molecule has 1 nitrogen and oxygen atoms in total. The second kappa shape index (κ2) is 3.02. The van der Waals surface area contributed by atoms with Crippen molar-refractivity contribution in [3.63, 3.8) is 0 Å². The molecule has 1 aliphatic rings. The second-order valence-corrected chi connectivity index (χ2v) is 2.75. The Balaban J connectivity index is 2.40. The fourth-order valence-electron chi connectivity index (χ4n) is 1.26. The van der Waals surface area contributed by atoms with Gasteiger partial charge in [-0.05, 0) is 19.3 Å². The van der Waals surface area contributed by atoms with Crippen LogP contribution in [0.5, 0.6) is 0 Å². The van der Waals surface area contributed by atoms with Crippen LogP contribution in [0.15, 0.2) is 11.6 Å². The first kappa shape index (κ1) is 6.81. The van der Waals surface area contributed by atoms with Crippen molar-refractivity contribution in [2.45, 2.75) is 26.2 Å². The van der Waals surface area contributed by atoms with Crippen LogP contribution in [-0.2, 0) is 0 Å². The number of allylic oxidation sites excluding steroid dienone is 1. The molecule has 0 fully saturated rings. The summed E-state index contributed by atoms with van der Waals surface area (Å²) in [5.41, 5.74) is 1.46. The van der Waals surface area contributed by atoms with Gasteiger partial charge in [0.2, 0.25) is 0 Å². The summed E-state index contributed by atoms with van der Waals surface area (Å²) in [6, 6.07) is 0. The number of hydrogen-bond donors (Lipinski definition) is 1. The molecule has 0 radical (unpaired) electrons. The lowest BCUT2D eigenvalue weighted by Gasteiger charge is -2.07. The molecular formula is C8H14O. The van der Waals surface area contributed by atoms with Gasteiger partial charge in [0.25, 0.3) is 0 Å². The molecule has 0 aromatic rings. The van der Waals surface area contributed by atoms with E-state index in [2.05, 4.69) is 13.0 Å². The summed E-state index contributed by atoms with van der Waals surface area (Å²) in [5.74, 6) is 0.410. The molecule has 9 heavy (non-hydrogen) atoms. The van der Waals surface area contributed by atoms with Crippen LogP contribution in [-0.4, -0.2) is 11.7 Å². The molecule has 1 N–H and O–H groups in total. The zero-order valence-electron chi connectivity index (χ0n) is 5.93. The van der Waals surface area contributed by atoms with Gasteiger partial charge in [0.05, 0.1) is 0 Å². The van der Waals surface area contributed by atoms with Crippen LogP contribution < -0.4 is 0 Å². The van der Waals surface area contributed by atoms with Gasteiger partial charge in [-0.15, -0.1) is 0 Å². The fraction of sp³-hybridized carbons (Fsp3) is 0.750. The average molecular weight is 126 g/mol. The number of aliphatic hydroxyl groups excluding tert-OH is 1. The van der Waals surface area contributed by atoms with E-state index in [1.165, 1.54) is 24.8 Å². The Morgan fingerprint density at radius 3 is 3.00 bits per heavy atom. The smallest absolute Gasteiger partial charge is 0.0493 e. The predicted molar refractivity (Wildman–Crippen MR) is 38.2 cm³/mol. The molecule has 1 atom stereocenters. The van der Waals surface area contributed by atoms with Crippen molar-refractivity contribution in [3.05, 3.63) is 11.6 Å². The Labute approximate surface area is 56.4 Å². The molecule has 0 amide bonds. The molecule has 1 rings (SSSR count). The third-order valence-corrected chi connectivity index (χ3v) is 1.98. The first-order valence-electron chi connectivity index (χ1n) is 3.64. The van der Waals surface area contributed by atoms with Crippen LogP contribution in [0.1, 0.15) is 26.2 Å². The van der Waals surface area contributed by atoms with Crippen molar-refractivity contribution < 1.29 is 5.11 Å². The Hall–Kier alpha value is -0.300. The van der Waals surface area contributed by atoms with Crippen molar-refractivity contribution in [1.29, 1.82) is 0 Å². The van der Waals surface area contributed by atoms with Gasteiger partial charge in [-0.2, -0.15) is 0 Å². The minimum Gasteiger partial charge on any atom is -0.396 e. The van der Waals surface area contributed by atoms with Crippen LogP contribution in [0.4, 0.5) is 0 Å². The molecule has 1 heteroatoms.